The van der Waals surface area contributed by atoms with Gasteiger partial charge in [-0.15, -0.1) is 0 Å². The van der Waals surface area contributed by atoms with E-state index in [9.17, 15) is 13.2 Å². The predicted molar refractivity (Wildman–Crippen MR) is 93.5 cm³/mol. The van der Waals surface area contributed by atoms with Gasteiger partial charge < -0.3 is 10.1 Å². The van der Waals surface area contributed by atoms with E-state index in [1.54, 1.807) is 24.3 Å². The predicted octanol–water partition coefficient (Wildman–Crippen LogP) is 0.0906. The number of nitrogens with zero attached hydrogens (tertiary/aromatic N) is 3. The molecule has 0 saturated carbocycles. The third-order valence-electron chi connectivity index (χ3n) is 3.88. The van der Waals surface area contributed by atoms with E-state index in [1.807, 2.05) is 6.07 Å². The molecule has 1 saturated heterocycles. The lowest BCUT2D eigenvalue weighted by Gasteiger charge is -2.29. The van der Waals surface area contributed by atoms with E-state index >= 15 is 0 Å². The van der Waals surface area contributed by atoms with Crippen molar-refractivity contribution < 1.29 is 17.9 Å². The van der Waals surface area contributed by atoms with Crippen molar-refractivity contribution >= 4 is 21.6 Å². The molecule has 0 unspecified atom stereocenters. The van der Waals surface area contributed by atoms with E-state index in [2.05, 4.69) is 10.2 Å². The molecule has 8 nitrogen and oxygen atoms in total. The molecule has 1 N–H and O–H groups in total. The largest absolute Gasteiger partial charge is 0.379 e. The van der Waals surface area contributed by atoms with Crippen molar-refractivity contribution in [3.05, 3.63) is 29.8 Å². The summed E-state index contributed by atoms with van der Waals surface area (Å²) in [6, 6.07) is 8.57. The molecule has 1 aromatic carbocycles. The molecule has 0 aromatic heterocycles. The van der Waals surface area contributed by atoms with Crippen LogP contribution < -0.4 is 5.32 Å². The summed E-state index contributed by atoms with van der Waals surface area (Å²) in [7, 11) is -3.52. The van der Waals surface area contributed by atoms with Gasteiger partial charge >= 0.3 is 0 Å². The smallest absolute Gasteiger partial charge is 0.239 e. The number of carbonyl (C=O) groups excluding carboxylic acids is 1. The fourth-order valence-corrected chi connectivity index (χ4v) is 3.24. The first-order valence-corrected chi connectivity index (χ1v) is 9.79. The molecule has 0 bridgehead atoms. The second kappa shape index (κ2) is 8.92. The number of anilines is 1. The molecule has 0 atom stereocenters. The van der Waals surface area contributed by atoms with E-state index < -0.39 is 15.9 Å². The Morgan fingerprint density at radius 1 is 1.36 bits per heavy atom. The van der Waals surface area contributed by atoms with Crippen molar-refractivity contribution in [2.75, 3.05) is 57.5 Å². The molecular weight excluding hydrogens is 344 g/mol. The number of hydrogen-bond acceptors (Lipinski definition) is 6. The first-order chi connectivity index (χ1) is 11.9. The van der Waals surface area contributed by atoms with Gasteiger partial charge in [0.25, 0.3) is 0 Å². The molecule has 1 heterocycles. The number of amides is 1. The van der Waals surface area contributed by atoms with Crippen molar-refractivity contribution in [2.45, 2.75) is 0 Å². The molecule has 1 aromatic rings. The number of morpholine rings is 1. The average Bonchev–Trinajstić information content (AvgIpc) is 2.59. The first kappa shape index (κ1) is 19.3. The minimum absolute atomic E-state index is 0.228. The minimum atomic E-state index is -3.52. The monoisotopic (exact) mass is 366 g/mol. The van der Waals surface area contributed by atoms with Crippen LogP contribution >= 0.6 is 0 Å². The summed E-state index contributed by atoms with van der Waals surface area (Å²) in [6.07, 6.45) is 1.09. The molecule has 136 valence electrons. The molecule has 1 aliphatic heterocycles. The van der Waals surface area contributed by atoms with Crippen molar-refractivity contribution in [1.82, 2.24) is 9.21 Å². The zero-order valence-corrected chi connectivity index (χ0v) is 15.0. The highest BCUT2D eigenvalue weighted by atomic mass is 32.2. The molecular formula is C16H22N4O4S. The number of carbonyl (C=O) groups is 1. The number of ether oxygens (including phenoxy) is 1. The van der Waals surface area contributed by atoms with Crippen LogP contribution in [0.5, 0.6) is 0 Å². The number of rotatable bonds is 7. The average molecular weight is 366 g/mol. The van der Waals surface area contributed by atoms with Crippen LogP contribution in [0.25, 0.3) is 0 Å². The Labute approximate surface area is 148 Å². The van der Waals surface area contributed by atoms with Gasteiger partial charge in [0.05, 0.1) is 37.3 Å². The highest BCUT2D eigenvalue weighted by Crippen LogP contribution is 2.13. The third kappa shape index (κ3) is 6.10. The van der Waals surface area contributed by atoms with Gasteiger partial charge in [-0.3, -0.25) is 9.69 Å². The first-order valence-electron chi connectivity index (χ1n) is 7.94. The Bertz CT molecular complexity index is 739. The fraction of sp³-hybridized carbons (Fsp3) is 0.500. The second-order valence-electron chi connectivity index (χ2n) is 5.76. The van der Waals surface area contributed by atoms with Crippen LogP contribution in [0.15, 0.2) is 24.3 Å². The minimum Gasteiger partial charge on any atom is -0.379 e. The Balaban J connectivity index is 1.96. The normalized spacial score (nSPS) is 15.7. The van der Waals surface area contributed by atoms with Crippen molar-refractivity contribution in [2.24, 2.45) is 0 Å². The van der Waals surface area contributed by atoms with E-state index in [-0.39, 0.29) is 13.1 Å². The maximum absolute atomic E-state index is 12.2. The summed E-state index contributed by atoms with van der Waals surface area (Å²) in [4.78, 5) is 14.3. The van der Waals surface area contributed by atoms with Gasteiger partial charge in [0, 0.05) is 26.2 Å². The van der Waals surface area contributed by atoms with Gasteiger partial charge in [-0.1, -0.05) is 12.1 Å². The molecule has 2 rings (SSSR count). The lowest BCUT2D eigenvalue weighted by atomic mass is 10.2. The SMILES string of the molecule is CS(=O)(=O)N(CCN1CCOCC1)CC(=O)Nc1ccccc1C#N. The Morgan fingerprint density at radius 3 is 2.68 bits per heavy atom. The zero-order valence-electron chi connectivity index (χ0n) is 14.1. The van der Waals surface area contributed by atoms with Crippen LogP contribution in [-0.4, -0.2) is 75.7 Å². The molecule has 0 spiro atoms. The number of nitrogens with one attached hydrogen (secondary N) is 1. The molecule has 1 fully saturated rings. The second-order valence-corrected chi connectivity index (χ2v) is 7.74. The molecule has 0 aliphatic carbocycles. The Hall–Kier alpha value is -1.99. The fourth-order valence-electron chi connectivity index (χ4n) is 2.48. The van der Waals surface area contributed by atoms with Gasteiger partial charge in [0.15, 0.2) is 0 Å². The molecule has 1 aliphatic rings. The van der Waals surface area contributed by atoms with Crippen molar-refractivity contribution in [1.29, 1.82) is 5.26 Å². The van der Waals surface area contributed by atoms with Gasteiger partial charge in [0.1, 0.15) is 6.07 Å². The van der Waals surface area contributed by atoms with Crippen LogP contribution in [0.4, 0.5) is 5.69 Å². The summed E-state index contributed by atoms with van der Waals surface area (Å²) in [6.45, 7) is 3.24. The summed E-state index contributed by atoms with van der Waals surface area (Å²) < 4.78 is 30.3. The van der Waals surface area contributed by atoms with Crippen LogP contribution in [0.1, 0.15) is 5.56 Å². The van der Waals surface area contributed by atoms with Gasteiger partial charge in [0.2, 0.25) is 15.9 Å². The van der Waals surface area contributed by atoms with Crippen molar-refractivity contribution in [3.63, 3.8) is 0 Å². The quantitative estimate of drug-likeness (QED) is 0.734. The zero-order chi connectivity index (χ0) is 18.3. The lowest BCUT2D eigenvalue weighted by molar-refractivity contribution is -0.116. The maximum Gasteiger partial charge on any atom is 0.239 e. The number of benzene rings is 1. The lowest BCUT2D eigenvalue weighted by Crippen LogP contribution is -2.45. The summed E-state index contributed by atoms with van der Waals surface area (Å²) >= 11 is 0. The number of sulfonamides is 1. The highest BCUT2D eigenvalue weighted by Gasteiger charge is 2.22. The van der Waals surface area contributed by atoms with Crippen molar-refractivity contribution in [3.8, 4) is 6.07 Å². The topological polar surface area (TPSA) is 103 Å². The number of hydrogen-bond donors (Lipinski definition) is 1. The number of nitriles is 1. The van der Waals surface area contributed by atoms with E-state index in [0.717, 1.165) is 23.7 Å². The maximum atomic E-state index is 12.2. The summed E-state index contributed by atoms with van der Waals surface area (Å²) in [5.74, 6) is -0.477. The van der Waals surface area contributed by atoms with E-state index in [1.165, 1.54) is 0 Å². The van der Waals surface area contributed by atoms with E-state index in [0.29, 0.717) is 31.0 Å². The summed E-state index contributed by atoms with van der Waals surface area (Å²) in [5.41, 5.74) is 0.701. The van der Waals surface area contributed by atoms with E-state index in [4.69, 9.17) is 10.00 Å². The third-order valence-corrected chi connectivity index (χ3v) is 5.13. The molecule has 1 amide bonds. The van der Waals surface area contributed by atoms with Crippen LogP contribution in [0, 0.1) is 11.3 Å². The highest BCUT2D eigenvalue weighted by molar-refractivity contribution is 7.88. The standard InChI is InChI=1S/C16H22N4O4S/c1-25(22,23)20(7-6-19-8-10-24-11-9-19)13-16(21)18-15-5-3-2-4-14(15)12-17/h2-5H,6-11,13H2,1H3,(H,18,21). The Morgan fingerprint density at radius 2 is 2.04 bits per heavy atom. The summed E-state index contributed by atoms with van der Waals surface area (Å²) in [5, 5.41) is 11.6. The molecule has 0 radical (unpaired) electrons. The molecule has 25 heavy (non-hydrogen) atoms. The van der Waals surface area contributed by atoms with Gasteiger partial charge in [-0.05, 0) is 12.1 Å². The van der Waals surface area contributed by atoms with Gasteiger partial charge in [-0.25, -0.2) is 8.42 Å². The van der Waals surface area contributed by atoms with Crippen LogP contribution in [0.2, 0.25) is 0 Å². The molecule has 9 heteroatoms. The Kier molecular flexibility index (Phi) is 6.90. The van der Waals surface area contributed by atoms with Crippen LogP contribution in [0.3, 0.4) is 0 Å². The number of para-hydroxylation sites is 1. The van der Waals surface area contributed by atoms with Crippen LogP contribution in [-0.2, 0) is 19.6 Å². The van der Waals surface area contributed by atoms with Gasteiger partial charge in [-0.2, -0.15) is 9.57 Å².